The van der Waals surface area contributed by atoms with Crippen LogP contribution >= 0.6 is 0 Å². The fraction of sp³-hybridized carbons (Fsp3) is 0.250. The van der Waals surface area contributed by atoms with Crippen LogP contribution in [0.5, 0.6) is 0 Å². The minimum Gasteiger partial charge on any atom is -0.480 e. The van der Waals surface area contributed by atoms with Gasteiger partial charge in [0, 0.05) is 11.6 Å². The van der Waals surface area contributed by atoms with Gasteiger partial charge in [0.1, 0.15) is 11.4 Å². The van der Waals surface area contributed by atoms with Crippen molar-refractivity contribution in [1.29, 1.82) is 0 Å². The molecule has 0 spiro atoms. The van der Waals surface area contributed by atoms with Gasteiger partial charge in [-0.15, -0.1) is 0 Å². The average molecular weight is 202 g/mol. The summed E-state index contributed by atoms with van der Waals surface area (Å²) in [5, 5.41) is 8.68. The van der Waals surface area contributed by atoms with Gasteiger partial charge in [-0.2, -0.15) is 4.39 Å². The Hall–Kier alpha value is -1.56. The van der Waals surface area contributed by atoms with E-state index in [9.17, 15) is 13.6 Å². The molecule has 1 aromatic heterocycles. The van der Waals surface area contributed by atoms with Crippen molar-refractivity contribution in [3.05, 3.63) is 29.6 Å². The first-order chi connectivity index (χ1) is 6.35. The number of nitrogens with zero attached hydrogens (tertiary/aromatic N) is 1. The summed E-state index contributed by atoms with van der Waals surface area (Å²) in [6, 6.07) is 0.670. The molecule has 1 rings (SSSR count). The fourth-order valence-electron chi connectivity index (χ4n) is 0.926. The number of halogens is 2. The average Bonchev–Trinajstić information content (AvgIpc) is 2.08. The molecule has 0 saturated heterocycles. The SMILES string of the molecule is CC(N)(C(=O)O)c1cc(F)ncc1F. The summed E-state index contributed by atoms with van der Waals surface area (Å²) in [6.45, 7) is 1.08. The van der Waals surface area contributed by atoms with Crippen LogP contribution in [0.3, 0.4) is 0 Å². The van der Waals surface area contributed by atoms with Crippen molar-refractivity contribution in [1.82, 2.24) is 4.98 Å². The van der Waals surface area contributed by atoms with E-state index in [1.807, 2.05) is 0 Å². The topological polar surface area (TPSA) is 76.2 Å². The van der Waals surface area contributed by atoms with Crippen molar-refractivity contribution in [2.75, 3.05) is 0 Å². The van der Waals surface area contributed by atoms with E-state index >= 15 is 0 Å². The lowest BCUT2D eigenvalue weighted by Crippen LogP contribution is -2.42. The maximum Gasteiger partial charge on any atom is 0.328 e. The third-order valence-electron chi connectivity index (χ3n) is 1.83. The molecule has 6 heteroatoms. The zero-order valence-corrected chi connectivity index (χ0v) is 7.29. The third-order valence-corrected chi connectivity index (χ3v) is 1.83. The summed E-state index contributed by atoms with van der Waals surface area (Å²) >= 11 is 0. The molecule has 0 aromatic carbocycles. The monoisotopic (exact) mass is 202 g/mol. The van der Waals surface area contributed by atoms with Crippen molar-refractivity contribution in [2.24, 2.45) is 5.73 Å². The van der Waals surface area contributed by atoms with Crippen LogP contribution in [-0.2, 0) is 10.3 Å². The number of carboxylic acids is 1. The Morgan fingerprint density at radius 1 is 1.64 bits per heavy atom. The first kappa shape index (κ1) is 10.5. The summed E-state index contributed by atoms with van der Waals surface area (Å²) in [5.74, 6) is -3.36. The number of nitrogens with two attached hydrogens (primary N) is 1. The van der Waals surface area contributed by atoms with Crippen LogP contribution in [0.2, 0.25) is 0 Å². The van der Waals surface area contributed by atoms with Gasteiger partial charge < -0.3 is 10.8 Å². The Kier molecular flexibility index (Phi) is 2.48. The van der Waals surface area contributed by atoms with Crippen molar-refractivity contribution >= 4 is 5.97 Å². The van der Waals surface area contributed by atoms with Gasteiger partial charge in [0.05, 0.1) is 6.20 Å². The normalized spacial score (nSPS) is 14.9. The number of pyridine rings is 1. The molecule has 0 aliphatic rings. The standard InChI is InChI=1S/C8H8F2N2O2/c1-8(11,7(13)14)4-2-6(10)12-3-5(4)9/h2-3H,11H2,1H3,(H,13,14). The molecule has 4 nitrogen and oxygen atoms in total. The molecule has 1 aromatic rings. The van der Waals surface area contributed by atoms with Gasteiger partial charge in [0.15, 0.2) is 0 Å². The summed E-state index contributed by atoms with van der Waals surface area (Å²) in [5.41, 5.74) is 2.92. The van der Waals surface area contributed by atoms with E-state index in [1.54, 1.807) is 0 Å². The second-order valence-electron chi connectivity index (χ2n) is 2.99. The van der Waals surface area contributed by atoms with Crippen LogP contribution in [0.15, 0.2) is 12.3 Å². The largest absolute Gasteiger partial charge is 0.480 e. The van der Waals surface area contributed by atoms with Crippen LogP contribution in [0.1, 0.15) is 12.5 Å². The third kappa shape index (κ3) is 1.69. The molecule has 0 bridgehead atoms. The molecular formula is C8H8F2N2O2. The quantitative estimate of drug-likeness (QED) is 0.689. The van der Waals surface area contributed by atoms with E-state index in [0.717, 1.165) is 6.92 Å². The van der Waals surface area contributed by atoms with Gasteiger partial charge in [-0.3, -0.25) is 0 Å². The molecule has 76 valence electrons. The van der Waals surface area contributed by atoms with E-state index in [0.29, 0.717) is 12.3 Å². The molecule has 0 aliphatic carbocycles. The summed E-state index contributed by atoms with van der Waals surface area (Å²) < 4.78 is 25.7. The molecule has 0 radical (unpaired) electrons. The first-order valence-electron chi connectivity index (χ1n) is 3.69. The van der Waals surface area contributed by atoms with Gasteiger partial charge in [-0.25, -0.2) is 14.2 Å². The number of hydrogen-bond acceptors (Lipinski definition) is 3. The first-order valence-corrected chi connectivity index (χ1v) is 3.69. The molecule has 0 amide bonds. The molecular weight excluding hydrogens is 194 g/mol. The maximum absolute atomic E-state index is 13.1. The summed E-state index contributed by atoms with van der Waals surface area (Å²) in [7, 11) is 0. The fourth-order valence-corrected chi connectivity index (χ4v) is 0.926. The predicted molar refractivity (Wildman–Crippen MR) is 43.3 cm³/mol. The number of rotatable bonds is 2. The minimum absolute atomic E-state index is 0.433. The zero-order valence-electron chi connectivity index (χ0n) is 7.29. The molecule has 0 saturated carbocycles. The Morgan fingerprint density at radius 3 is 2.71 bits per heavy atom. The summed E-state index contributed by atoms with van der Waals surface area (Å²) in [4.78, 5) is 13.7. The van der Waals surface area contributed by atoms with E-state index in [1.165, 1.54) is 0 Å². The highest BCUT2D eigenvalue weighted by molar-refractivity contribution is 5.79. The molecule has 1 atom stereocenters. The number of aromatic nitrogens is 1. The number of carbonyl (C=O) groups is 1. The highest BCUT2D eigenvalue weighted by Gasteiger charge is 2.33. The molecule has 3 N–H and O–H groups in total. The molecule has 0 aliphatic heterocycles. The predicted octanol–water partition coefficient (Wildman–Crippen LogP) is 0.618. The van der Waals surface area contributed by atoms with Crippen LogP contribution in [0.4, 0.5) is 8.78 Å². The number of hydrogen-bond donors (Lipinski definition) is 2. The van der Waals surface area contributed by atoms with Crippen LogP contribution in [0, 0.1) is 11.8 Å². The molecule has 1 heterocycles. The number of aliphatic carboxylic acids is 1. The summed E-state index contributed by atoms with van der Waals surface area (Å²) in [6.07, 6.45) is 0.596. The van der Waals surface area contributed by atoms with Crippen molar-refractivity contribution in [2.45, 2.75) is 12.5 Å². The highest BCUT2D eigenvalue weighted by Crippen LogP contribution is 2.21. The highest BCUT2D eigenvalue weighted by atomic mass is 19.1. The molecule has 1 unspecified atom stereocenters. The number of carboxylic acid groups (broad SMARTS) is 1. The Labute approximate surface area is 78.4 Å². The van der Waals surface area contributed by atoms with Gasteiger partial charge in [0.2, 0.25) is 5.95 Å². The smallest absolute Gasteiger partial charge is 0.328 e. The Bertz CT molecular complexity index is 380. The van der Waals surface area contributed by atoms with Crippen LogP contribution in [0.25, 0.3) is 0 Å². The molecule has 0 fully saturated rings. The van der Waals surface area contributed by atoms with Crippen molar-refractivity contribution in [3.63, 3.8) is 0 Å². The second-order valence-corrected chi connectivity index (χ2v) is 2.99. The lowest BCUT2D eigenvalue weighted by molar-refractivity contribution is -0.143. The van der Waals surface area contributed by atoms with E-state index < -0.39 is 28.8 Å². The molecule has 14 heavy (non-hydrogen) atoms. The van der Waals surface area contributed by atoms with E-state index in [2.05, 4.69) is 4.98 Å². The van der Waals surface area contributed by atoms with Gasteiger partial charge in [0.25, 0.3) is 0 Å². The Morgan fingerprint density at radius 2 is 2.21 bits per heavy atom. The van der Waals surface area contributed by atoms with Gasteiger partial charge in [-0.1, -0.05) is 0 Å². The van der Waals surface area contributed by atoms with Crippen LogP contribution in [-0.4, -0.2) is 16.1 Å². The van der Waals surface area contributed by atoms with Gasteiger partial charge >= 0.3 is 5.97 Å². The van der Waals surface area contributed by atoms with Crippen molar-refractivity contribution < 1.29 is 18.7 Å². The van der Waals surface area contributed by atoms with Gasteiger partial charge in [-0.05, 0) is 6.92 Å². The lowest BCUT2D eigenvalue weighted by atomic mass is 9.94. The Balaban J connectivity index is 3.31. The van der Waals surface area contributed by atoms with Crippen LogP contribution < -0.4 is 5.73 Å². The minimum atomic E-state index is -1.96. The van der Waals surface area contributed by atoms with E-state index in [-0.39, 0.29) is 0 Å². The zero-order chi connectivity index (χ0) is 10.9. The van der Waals surface area contributed by atoms with E-state index in [4.69, 9.17) is 10.8 Å². The second kappa shape index (κ2) is 3.30. The van der Waals surface area contributed by atoms with Crippen molar-refractivity contribution in [3.8, 4) is 0 Å². The lowest BCUT2D eigenvalue weighted by Gasteiger charge is -2.19. The maximum atomic E-state index is 13.1.